The second kappa shape index (κ2) is 9.82. The van der Waals surface area contributed by atoms with Gasteiger partial charge in [0.15, 0.2) is 5.16 Å². The molecule has 1 aliphatic heterocycles. The van der Waals surface area contributed by atoms with Crippen molar-refractivity contribution < 1.29 is 0 Å². The number of fused-ring (bicyclic) bond motifs is 1. The third-order valence-electron chi connectivity index (χ3n) is 6.18. The summed E-state index contributed by atoms with van der Waals surface area (Å²) >= 11 is 1.55. The number of rotatable bonds is 6. The molecule has 180 valence electrons. The SMILES string of the molecule is CSc1nc(Nc2ccc3c(ccn3-c3ncccn3)c2)cc(N2CCN(c3ccccn3)CC2)n1. The molecule has 36 heavy (non-hydrogen) atoms. The lowest BCUT2D eigenvalue weighted by molar-refractivity contribution is 0.638. The average Bonchev–Trinajstić information content (AvgIpc) is 3.37. The second-order valence-corrected chi connectivity index (χ2v) is 9.17. The van der Waals surface area contributed by atoms with Gasteiger partial charge in [-0.25, -0.2) is 24.9 Å². The summed E-state index contributed by atoms with van der Waals surface area (Å²) in [7, 11) is 0. The van der Waals surface area contributed by atoms with Crippen molar-refractivity contribution in [3.05, 3.63) is 79.4 Å². The van der Waals surface area contributed by atoms with E-state index >= 15 is 0 Å². The van der Waals surface area contributed by atoms with Gasteiger partial charge in [-0.15, -0.1) is 0 Å². The van der Waals surface area contributed by atoms with Crippen LogP contribution >= 0.6 is 11.8 Å². The quantitative estimate of drug-likeness (QED) is 0.272. The molecule has 0 saturated carbocycles. The van der Waals surface area contributed by atoms with Crippen LogP contribution in [0.15, 0.2) is 84.5 Å². The first-order valence-corrected chi connectivity index (χ1v) is 13.0. The molecule has 0 spiro atoms. The van der Waals surface area contributed by atoms with E-state index in [-0.39, 0.29) is 0 Å². The number of nitrogens with one attached hydrogen (secondary N) is 1. The van der Waals surface area contributed by atoms with E-state index in [4.69, 9.17) is 9.97 Å². The third kappa shape index (κ3) is 4.55. The number of piperazine rings is 1. The molecular weight excluding hydrogens is 470 g/mol. The summed E-state index contributed by atoms with van der Waals surface area (Å²) in [5, 5.41) is 5.32. The minimum Gasteiger partial charge on any atom is -0.353 e. The lowest BCUT2D eigenvalue weighted by atomic mass is 10.2. The Bertz CT molecular complexity index is 1470. The number of nitrogens with zero attached hydrogens (tertiary/aromatic N) is 8. The molecule has 0 amide bonds. The Morgan fingerprint density at radius 3 is 2.31 bits per heavy atom. The highest BCUT2D eigenvalue weighted by Crippen LogP contribution is 2.27. The molecule has 5 aromatic rings. The number of hydrogen-bond acceptors (Lipinski definition) is 9. The van der Waals surface area contributed by atoms with Crippen molar-refractivity contribution in [3.8, 4) is 5.95 Å². The van der Waals surface area contributed by atoms with E-state index in [2.05, 4.69) is 54.3 Å². The molecule has 0 aliphatic carbocycles. The minimum atomic E-state index is 0.654. The molecule has 0 bridgehead atoms. The van der Waals surface area contributed by atoms with Crippen LogP contribution in [0.3, 0.4) is 0 Å². The van der Waals surface area contributed by atoms with Crippen molar-refractivity contribution >= 4 is 45.8 Å². The topological polar surface area (TPSA) is 87.9 Å². The van der Waals surface area contributed by atoms with Gasteiger partial charge in [0.2, 0.25) is 5.95 Å². The number of aromatic nitrogens is 6. The van der Waals surface area contributed by atoms with Crippen LogP contribution in [0.5, 0.6) is 0 Å². The van der Waals surface area contributed by atoms with Crippen LogP contribution in [-0.2, 0) is 0 Å². The molecule has 6 rings (SSSR count). The number of benzene rings is 1. The Labute approximate surface area is 213 Å². The zero-order valence-corrected chi connectivity index (χ0v) is 20.6. The Hall–Kier alpha value is -4.18. The van der Waals surface area contributed by atoms with Gasteiger partial charge in [0.1, 0.15) is 17.5 Å². The lowest BCUT2D eigenvalue weighted by Crippen LogP contribution is -2.47. The van der Waals surface area contributed by atoms with Crippen molar-refractivity contribution in [2.45, 2.75) is 5.16 Å². The molecule has 1 aliphatic rings. The highest BCUT2D eigenvalue weighted by atomic mass is 32.2. The summed E-state index contributed by atoms with van der Waals surface area (Å²) in [5.74, 6) is 3.39. The van der Waals surface area contributed by atoms with Crippen molar-refractivity contribution in [1.82, 2.24) is 29.5 Å². The first-order chi connectivity index (χ1) is 17.8. The maximum Gasteiger partial charge on any atom is 0.234 e. The molecule has 10 heteroatoms. The Morgan fingerprint density at radius 1 is 0.778 bits per heavy atom. The van der Waals surface area contributed by atoms with Gasteiger partial charge in [-0.05, 0) is 48.7 Å². The fourth-order valence-electron chi connectivity index (χ4n) is 4.39. The lowest BCUT2D eigenvalue weighted by Gasteiger charge is -2.36. The first-order valence-electron chi connectivity index (χ1n) is 11.8. The van der Waals surface area contributed by atoms with Crippen molar-refractivity contribution in [2.75, 3.05) is 47.6 Å². The van der Waals surface area contributed by atoms with Gasteiger partial charge < -0.3 is 15.1 Å². The number of anilines is 4. The molecule has 0 atom stereocenters. The van der Waals surface area contributed by atoms with E-state index in [9.17, 15) is 0 Å². The molecule has 4 aromatic heterocycles. The standard InChI is InChI=1S/C26H25N9S/c1-36-26-31-22(18-24(32-26)34-15-13-33(14-16-34)23-5-2-3-9-27-23)30-20-6-7-21-19(17-20)8-12-35(21)25-28-10-4-11-29-25/h2-12,17-18H,13-16H2,1H3,(H,30,31,32). The summed E-state index contributed by atoms with van der Waals surface area (Å²) in [6.45, 7) is 3.55. The maximum atomic E-state index is 4.79. The van der Waals surface area contributed by atoms with E-state index in [1.165, 1.54) is 0 Å². The molecule has 9 nitrogen and oxygen atoms in total. The molecule has 0 unspecified atom stereocenters. The van der Waals surface area contributed by atoms with Gasteiger partial charge in [-0.2, -0.15) is 0 Å². The summed E-state index contributed by atoms with van der Waals surface area (Å²) in [6.07, 6.45) is 9.33. The molecule has 1 fully saturated rings. The van der Waals surface area contributed by atoms with Gasteiger partial charge in [-0.3, -0.25) is 4.57 Å². The average molecular weight is 496 g/mol. The zero-order valence-electron chi connectivity index (χ0n) is 19.8. The molecule has 1 N–H and O–H groups in total. The number of thioether (sulfide) groups is 1. The number of hydrogen-bond donors (Lipinski definition) is 1. The number of pyridine rings is 1. The fraction of sp³-hybridized carbons (Fsp3) is 0.192. The smallest absolute Gasteiger partial charge is 0.234 e. The molecule has 0 radical (unpaired) electrons. The van der Waals surface area contributed by atoms with Crippen molar-refractivity contribution in [1.29, 1.82) is 0 Å². The summed E-state index contributed by atoms with van der Waals surface area (Å²) in [5.41, 5.74) is 2.01. The van der Waals surface area contributed by atoms with Crippen LogP contribution < -0.4 is 15.1 Å². The Kier molecular flexibility index (Phi) is 6.08. The largest absolute Gasteiger partial charge is 0.353 e. The van der Waals surface area contributed by atoms with Gasteiger partial charge in [-0.1, -0.05) is 17.8 Å². The van der Waals surface area contributed by atoms with Crippen LogP contribution in [0.25, 0.3) is 16.9 Å². The van der Waals surface area contributed by atoms with E-state index in [1.54, 1.807) is 24.2 Å². The van der Waals surface area contributed by atoms with Gasteiger partial charge in [0.05, 0.1) is 5.52 Å². The fourth-order valence-corrected chi connectivity index (χ4v) is 4.77. The van der Waals surface area contributed by atoms with Crippen molar-refractivity contribution in [2.24, 2.45) is 0 Å². The molecule has 5 heterocycles. The van der Waals surface area contributed by atoms with E-state index in [0.29, 0.717) is 5.95 Å². The minimum absolute atomic E-state index is 0.654. The van der Waals surface area contributed by atoms with Crippen LogP contribution in [-0.4, -0.2) is 61.9 Å². The summed E-state index contributed by atoms with van der Waals surface area (Å²) < 4.78 is 1.98. The third-order valence-corrected chi connectivity index (χ3v) is 6.73. The van der Waals surface area contributed by atoms with Crippen LogP contribution in [0.1, 0.15) is 0 Å². The van der Waals surface area contributed by atoms with E-state index < -0.39 is 0 Å². The van der Waals surface area contributed by atoms with Crippen LogP contribution in [0.2, 0.25) is 0 Å². The molecular formula is C26H25N9S. The van der Waals surface area contributed by atoms with Gasteiger partial charge in [0, 0.05) is 68.1 Å². The normalized spacial score (nSPS) is 13.8. The van der Waals surface area contributed by atoms with Crippen LogP contribution in [0.4, 0.5) is 23.1 Å². The first kappa shape index (κ1) is 22.3. The Balaban J connectivity index is 1.21. The van der Waals surface area contributed by atoms with Crippen LogP contribution in [0, 0.1) is 0 Å². The maximum absolute atomic E-state index is 4.79. The monoisotopic (exact) mass is 495 g/mol. The molecule has 1 saturated heterocycles. The highest BCUT2D eigenvalue weighted by Gasteiger charge is 2.20. The summed E-state index contributed by atoms with van der Waals surface area (Å²) in [6, 6.07) is 18.2. The molecule has 1 aromatic carbocycles. The predicted molar refractivity (Wildman–Crippen MR) is 145 cm³/mol. The Morgan fingerprint density at radius 2 is 1.56 bits per heavy atom. The van der Waals surface area contributed by atoms with E-state index in [0.717, 1.165) is 65.4 Å². The van der Waals surface area contributed by atoms with Gasteiger partial charge >= 0.3 is 0 Å². The predicted octanol–water partition coefficient (Wildman–Crippen LogP) is 4.40. The van der Waals surface area contributed by atoms with Crippen molar-refractivity contribution in [3.63, 3.8) is 0 Å². The summed E-state index contributed by atoms with van der Waals surface area (Å²) in [4.78, 5) is 27.3. The highest BCUT2D eigenvalue weighted by molar-refractivity contribution is 7.98. The van der Waals surface area contributed by atoms with Gasteiger partial charge in [0.25, 0.3) is 0 Å². The zero-order chi connectivity index (χ0) is 24.3. The van der Waals surface area contributed by atoms with E-state index in [1.807, 2.05) is 53.5 Å². The second-order valence-electron chi connectivity index (χ2n) is 8.39.